The third-order valence-corrected chi connectivity index (χ3v) is 1.93. The zero-order valence-electron chi connectivity index (χ0n) is 9.47. The number of rotatable bonds is 6. The molecule has 0 radical (unpaired) electrons. The van der Waals surface area contributed by atoms with Crippen LogP contribution >= 0.6 is 0 Å². The zero-order chi connectivity index (χ0) is 12.0. The van der Waals surface area contributed by atoms with Crippen LogP contribution in [0.3, 0.4) is 0 Å². The summed E-state index contributed by atoms with van der Waals surface area (Å²) in [6.45, 7) is 4.26. The summed E-state index contributed by atoms with van der Waals surface area (Å²) < 4.78 is 10.7. The molecule has 0 heterocycles. The summed E-state index contributed by atoms with van der Waals surface area (Å²) in [5.41, 5.74) is 0. The van der Waals surface area contributed by atoms with E-state index in [1.54, 1.807) is 31.2 Å². The third kappa shape index (κ3) is 4.21. The van der Waals surface area contributed by atoms with Crippen LogP contribution < -0.4 is 9.47 Å². The molecule has 0 aromatic heterocycles. The summed E-state index contributed by atoms with van der Waals surface area (Å²) in [6, 6.07) is 7.13. The summed E-state index contributed by atoms with van der Waals surface area (Å²) in [4.78, 5) is 10.4. The van der Waals surface area contributed by atoms with Gasteiger partial charge in [0.1, 0.15) is 17.6 Å². The van der Waals surface area contributed by atoms with Crippen molar-refractivity contribution in [3.05, 3.63) is 24.3 Å². The number of aliphatic carboxylic acids is 1. The highest BCUT2D eigenvalue weighted by atomic mass is 16.5. The Labute approximate surface area is 94.8 Å². The molecule has 1 rings (SSSR count). The van der Waals surface area contributed by atoms with Crippen molar-refractivity contribution in [1.29, 1.82) is 0 Å². The Morgan fingerprint density at radius 1 is 1.31 bits per heavy atom. The van der Waals surface area contributed by atoms with Crippen LogP contribution in [0.25, 0.3) is 0 Å². The Kier molecular flexibility index (Phi) is 4.64. The highest BCUT2D eigenvalue weighted by Gasteiger charge is 2.08. The number of benzene rings is 1. The molecule has 0 saturated heterocycles. The van der Waals surface area contributed by atoms with Gasteiger partial charge in [0, 0.05) is 0 Å². The van der Waals surface area contributed by atoms with E-state index in [9.17, 15) is 4.79 Å². The number of ether oxygens (including phenoxy) is 2. The molecule has 0 amide bonds. The topological polar surface area (TPSA) is 55.8 Å². The van der Waals surface area contributed by atoms with Crippen LogP contribution in [0.1, 0.15) is 20.3 Å². The molecule has 0 aliphatic carbocycles. The van der Waals surface area contributed by atoms with Crippen molar-refractivity contribution in [3.8, 4) is 11.5 Å². The molecule has 1 atom stereocenters. The normalized spacial score (nSPS) is 11.9. The van der Waals surface area contributed by atoms with Crippen LogP contribution in [-0.4, -0.2) is 23.8 Å². The first kappa shape index (κ1) is 12.4. The van der Waals surface area contributed by atoms with E-state index in [2.05, 4.69) is 0 Å². The van der Waals surface area contributed by atoms with Gasteiger partial charge in [0.05, 0.1) is 13.0 Å². The minimum atomic E-state index is -0.863. The lowest BCUT2D eigenvalue weighted by molar-refractivity contribution is -0.138. The third-order valence-electron chi connectivity index (χ3n) is 1.93. The fraction of sp³-hybridized carbons (Fsp3) is 0.417. The molecule has 0 bridgehead atoms. The lowest BCUT2D eigenvalue weighted by Crippen LogP contribution is -2.16. The minimum Gasteiger partial charge on any atom is -0.494 e. The standard InChI is InChI=1S/C12H16O4/c1-3-15-10-4-6-11(7-5-10)16-9(2)8-12(13)14/h4-7,9H,3,8H2,1-2H3,(H,13,14)/t9-/m0/s1. The van der Waals surface area contributed by atoms with E-state index in [0.717, 1.165) is 5.75 Å². The number of hydrogen-bond donors (Lipinski definition) is 1. The largest absolute Gasteiger partial charge is 0.494 e. The van der Waals surface area contributed by atoms with Gasteiger partial charge in [-0.25, -0.2) is 0 Å². The molecule has 0 aliphatic heterocycles. The van der Waals surface area contributed by atoms with E-state index >= 15 is 0 Å². The first-order valence-corrected chi connectivity index (χ1v) is 5.23. The van der Waals surface area contributed by atoms with Gasteiger partial charge in [-0.1, -0.05) is 0 Å². The van der Waals surface area contributed by atoms with E-state index in [-0.39, 0.29) is 12.5 Å². The van der Waals surface area contributed by atoms with E-state index in [0.29, 0.717) is 12.4 Å². The van der Waals surface area contributed by atoms with Crippen molar-refractivity contribution >= 4 is 5.97 Å². The van der Waals surface area contributed by atoms with E-state index in [1.165, 1.54) is 0 Å². The Balaban J connectivity index is 2.51. The average Bonchev–Trinajstić information content (AvgIpc) is 2.20. The second-order valence-corrected chi connectivity index (χ2v) is 3.43. The minimum absolute atomic E-state index is 0.00673. The van der Waals surface area contributed by atoms with Crippen LogP contribution in [0, 0.1) is 0 Å². The fourth-order valence-electron chi connectivity index (χ4n) is 1.30. The number of carboxylic acid groups (broad SMARTS) is 1. The molecule has 0 aliphatic rings. The molecule has 0 spiro atoms. The second-order valence-electron chi connectivity index (χ2n) is 3.43. The van der Waals surface area contributed by atoms with Gasteiger partial charge in [-0.05, 0) is 38.1 Å². The van der Waals surface area contributed by atoms with Gasteiger partial charge in [0.15, 0.2) is 0 Å². The smallest absolute Gasteiger partial charge is 0.307 e. The van der Waals surface area contributed by atoms with Crippen molar-refractivity contribution in [2.24, 2.45) is 0 Å². The van der Waals surface area contributed by atoms with E-state index in [4.69, 9.17) is 14.6 Å². The lowest BCUT2D eigenvalue weighted by Gasteiger charge is -2.12. The van der Waals surface area contributed by atoms with Crippen molar-refractivity contribution in [1.82, 2.24) is 0 Å². The SMILES string of the molecule is CCOc1ccc(O[C@@H](C)CC(=O)O)cc1. The van der Waals surface area contributed by atoms with Crippen LogP contribution in [0.5, 0.6) is 11.5 Å². The summed E-state index contributed by atoms with van der Waals surface area (Å²) in [5.74, 6) is 0.566. The summed E-state index contributed by atoms with van der Waals surface area (Å²) in [7, 11) is 0. The number of carboxylic acids is 1. The zero-order valence-corrected chi connectivity index (χ0v) is 9.47. The van der Waals surface area contributed by atoms with Crippen LogP contribution in [-0.2, 0) is 4.79 Å². The monoisotopic (exact) mass is 224 g/mol. The number of hydrogen-bond acceptors (Lipinski definition) is 3. The maximum Gasteiger partial charge on any atom is 0.307 e. The van der Waals surface area contributed by atoms with Gasteiger partial charge in [-0.3, -0.25) is 4.79 Å². The molecule has 88 valence electrons. The van der Waals surface area contributed by atoms with Crippen molar-refractivity contribution in [3.63, 3.8) is 0 Å². The molecular formula is C12H16O4. The number of carbonyl (C=O) groups is 1. The van der Waals surface area contributed by atoms with E-state index < -0.39 is 5.97 Å². The summed E-state index contributed by atoms with van der Waals surface area (Å²) >= 11 is 0. The molecule has 0 fully saturated rings. The Bertz CT molecular complexity index is 331. The van der Waals surface area contributed by atoms with Gasteiger partial charge in [0.25, 0.3) is 0 Å². The predicted octanol–water partition coefficient (Wildman–Crippen LogP) is 2.33. The Hall–Kier alpha value is -1.71. The molecule has 0 saturated carbocycles. The molecular weight excluding hydrogens is 208 g/mol. The highest BCUT2D eigenvalue weighted by molar-refractivity contribution is 5.67. The molecule has 16 heavy (non-hydrogen) atoms. The van der Waals surface area contributed by atoms with Gasteiger partial charge in [-0.2, -0.15) is 0 Å². The molecule has 4 nitrogen and oxygen atoms in total. The van der Waals surface area contributed by atoms with Crippen LogP contribution in [0.15, 0.2) is 24.3 Å². The first-order valence-electron chi connectivity index (χ1n) is 5.23. The second kappa shape index (κ2) is 6.00. The molecule has 1 aromatic carbocycles. The predicted molar refractivity (Wildman–Crippen MR) is 60.0 cm³/mol. The maximum atomic E-state index is 10.4. The molecule has 1 N–H and O–H groups in total. The lowest BCUT2D eigenvalue weighted by atomic mass is 10.3. The van der Waals surface area contributed by atoms with Crippen LogP contribution in [0.4, 0.5) is 0 Å². The Morgan fingerprint density at radius 3 is 2.38 bits per heavy atom. The van der Waals surface area contributed by atoms with Crippen LogP contribution in [0.2, 0.25) is 0 Å². The van der Waals surface area contributed by atoms with E-state index in [1.807, 2.05) is 6.92 Å². The molecule has 1 aromatic rings. The van der Waals surface area contributed by atoms with Gasteiger partial charge >= 0.3 is 5.97 Å². The summed E-state index contributed by atoms with van der Waals surface area (Å²) in [6.07, 6.45) is -0.344. The van der Waals surface area contributed by atoms with Gasteiger partial charge in [-0.15, -0.1) is 0 Å². The molecule has 4 heteroatoms. The highest BCUT2D eigenvalue weighted by Crippen LogP contribution is 2.19. The van der Waals surface area contributed by atoms with Crippen molar-refractivity contribution in [2.75, 3.05) is 6.61 Å². The van der Waals surface area contributed by atoms with Gasteiger partial charge < -0.3 is 14.6 Å². The average molecular weight is 224 g/mol. The maximum absolute atomic E-state index is 10.4. The van der Waals surface area contributed by atoms with Crippen molar-refractivity contribution in [2.45, 2.75) is 26.4 Å². The molecule has 0 unspecified atom stereocenters. The van der Waals surface area contributed by atoms with Gasteiger partial charge in [0.2, 0.25) is 0 Å². The summed E-state index contributed by atoms with van der Waals surface area (Å²) in [5, 5.41) is 8.58. The Morgan fingerprint density at radius 2 is 1.88 bits per heavy atom. The van der Waals surface area contributed by atoms with Crippen molar-refractivity contribution < 1.29 is 19.4 Å². The fourth-order valence-corrected chi connectivity index (χ4v) is 1.30. The first-order chi connectivity index (χ1) is 7.61. The quantitative estimate of drug-likeness (QED) is 0.805.